The molecule has 4 aromatic carbocycles. The molecule has 0 spiro atoms. The lowest BCUT2D eigenvalue weighted by Gasteiger charge is -2.60. The standard InChI is InChI=1S/C53H61N3O9/c1-3-28-55(52(59)39-18-19-39)49-34-47(54-63-35-36-16-22-41(23-17-36)56(60)61)45-32-40(14-8-10-29-57)44(15-9-11-30-58)50-46-33-43(26-27-48(46)65-53(49,51(45)50)62-31-4-2)64-42-24-20-38(21-25-42)37-12-6-5-7-13-37/h4-7,12-13,16-17,20-27,32-33,39-40,44,49-51,57-58H,2-3,8-11,14-15,18-19,28-31,34-35H2,1H3. The number of benzene rings is 4. The summed E-state index contributed by atoms with van der Waals surface area (Å²) in [6.45, 7) is 7.08. The predicted octanol–water partition coefficient (Wildman–Crippen LogP) is 10.5. The maximum absolute atomic E-state index is 14.5. The molecule has 12 heteroatoms. The van der Waals surface area contributed by atoms with Gasteiger partial charge in [-0.1, -0.05) is 79.5 Å². The number of carbonyl (C=O) groups excluding carboxylic acids is 1. The minimum absolute atomic E-state index is 0.00585. The third-order valence-electron chi connectivity index (χ3n) is 13.4. The summed E-state index contributed by atoms with van der Waals surface area (Å²) in [7, 11) is 0. The summed E-state index contributed by atoms with van der Waals surface area (Å²) in [6, 6.07) is 30.0. The smallest absolute Gasteiger partial charge is 0.269 e. The fourth-order valence-corrected chi connectivity index (χ4v) is 10.3. The number of nitrogens with zero attached hydrogens (tertiary/aromatic N) is 3. The Kier molecular flexibility index (Phi) is 14.8. The quantitative estimate of drug-likeness (QED) is 0.0340. The molecule has 0 radical (unpaired) electrons. The van der Waals surface area contributed by atoms with Crippen molar-refractivity contribution in [1.82, 2.24) is 4.90 Å². The minimum atomic E-state index is -1.34. The van der Waals surface area contributed by atoms with Crippen LogP contribution in [0.15, 0.2) is 127 Å². The second-order valence-corrected chi connectivity index (χ2v) is 17.8. The normalized spacial score (nSPS) is 23.6. The Labute approximate surface area is 381 Å². The predicted molar refractivity (Wildman–Crippen MR) is 250 cm³/mol. The highest BCUT2D eigenvalue weighted by Crippen LogP contribution is 2.62. The molecule has 2 saturated carbocycles. The number of nitro benzene ring substituents is 1. The molecule has 1 heterocycles. The zero-order chi connectivity index (χ0) is 45.3. The lowest BCUT2D eigenvalue weighted by Crippen LogP contribution is -2.70. The van der Waals surface area contributed by atoms with Crippen LogP contribution in [0.4, 0.5) is 5.69 Å². The Balaban J connectivity index is 1.26. The molecule has 3 aliphatic carbocycles. The molecule has 0 saturated heterocycles. The fraction of sp³-hybridized carbons (Fsp3) is 0.434. The van der Waals surface area contributed by atoms with Crippen LogP contribution in [0.3, 0.4) is 0 Å². The Bertz CT molecular complexity index is 2330. The maximum Gasteiger partial charge on any atom is 0.269 e. The van der Waals surface area contributed by atoms with E-state index in [1.165, 1.54) is 12.1 Å². The molecule has 1 aliphatic heterocycles. The number of non-ortho nitro benzene ring substituents is 1. The van der Waals surface area contributed by atoms with Crippen LogP contribution >= 0.6 is 0 Å². The van der Waals surface area contributed by atoms with E-state index in [2.05, 4.69) is 49.9 Å². The number of aliphatic hydroxyl groups is 2. The van der Waals surface area contributed by atoms with Crippen molar-refractivity contribution in [3.05, 3.63) is 143 Å². The number of aliphatic hydroxyl groups excluding tert-OH is 2. The summed E-state index contributed by atoms with van der Waals surface area (Å²) in [5.41, 5.74) is 5.55. The van der Waals surface area contributed by atoms with Crippen LogP contribution in [0.5, 0.6) is 17.2 Å². The van der Waals surface area contributed by atoms with E-state index < -0.39 is 22.7 Å². The van der Waals surface area contributed by atoms with Crippen molar-refractivity contribution in [1.29, 1.82) is 0 Å². The second-order valence-electron chi connectivity index (χ2n) is 17.8. The number of allylic oxidation sites excluding steroid dienone is 1. The number of carbonyl (C=O) groups is 1. The Morgan fingerprint density at radius 2 is 1.65 bits per heavy atom. The van der Waals surface area contributed by atoms with Crippen molar-refractivity contribution in [3.8, 4) is 28.4 Å². The molecular formula is C53H61N3O9. The topological polar surface area (TPSA) is 153 Å². The Morgan fingerprint density at radius 3 is 2.32 bits per heavy atom. The van der Waals surface area contributed by atoms with E-state index in [0.29, 0.717) is 48.8 Å². The monoisotopic (exact) mass is 883 g/mol. The summed E-state index contributed by atoms with van der Waals surface area (Å²) in [4.78, 5) is 33.6. The van der Waals surface area contributed by atoms with Crippen LogP contribution in [-0.4, -0.2) is 69.8 Å². The van der Waals surface area contributed by atoms with Gasteiger partial charge in [0.2, 0.25) is 11.7 Å². The summed E-state index contributed by atoms with van der Waals surface area (Å²) in [5, 5.41) is 36.2. The van der Waals surface area contributed by atoms with Crippen LogP contribution in [0.1, 0.15) is 88.2 Å². The van der Waals surface area contributed by atoms with E-state index in [4.69, 9.17) is 24.2 Å². The number of nitro groups is 1. The van der Waals surface area contributed by atoms with Gasteiger partial charge in [0.05, 0.1) is 23.2 Å². The van der Waals surface area contributed by atoms with Crippen LogP contribution < -0.4 is 9.47 Å². The van der Waals surface area contributed by atoms with Gasteiger partial charge >= 0.3 is 0 Å². The lowest BCUT2D eigenvalue weighted by atomic mass is 9.55. The van der Waals surface area contributed by atoms with E-state index in [0.717, 1.165) is 72.8 Å². The van der Waals surface area contributed by atoms with E-state index >= 15 is 0 Å². The first-order chi connectivity index (χ1) is 31.8. The molecule has 0 bridgehead atoms. The molecule has 6 unspecified atom stereocenters. The lowest BCUT2D eigenvalue weighted by molar-refractivity contribution is -0.384. The third kappa shape index (κ3) is 10.0. The van der Waals surface area contributed by atoms with Crippen LogP contribution in [0.25, 0.3) is 11.1 Å². The molecule has 2 fully saturated rings. The molecule has 1 amide bonds. The van der Waals surface area contributed by atoms with Gasteiger partial charge in [-0.05, 0) is 122 Å². The van der Waals surface area contributed by atoms with Gasteiger partial charge in [-0.2, -0.15) is 0 Å². The summed E-state index contributed by atoms with van der Waals surface area (Å²) in [5.74, 6) is 0.178. The molecule has 4 aromatic rings. The third-order valence-corrected chi connectivity index (χ3v) is 13.4. The molecule has 65 heavy (non-hydrogen) atoms. The van der Waals surface area contributed by atoms with Crippen molar-refractivity contribution in [3.63, 3.8) is 0 Å². The van der Waals surface area contributed by atoms with Crippen molar-refractivity contribution in [2.75, 3.05) is 26.4 Å². The highest BCUT2D eigenvalue weighted by Gasteiger charge is 2.65. The SMILES string of the molecule is C=CCOC12Oc3ccc(Oc4ccc(-c5ccccc5)cc4)cc3C3C(CCCCO)C(CCCCO)C=C(C(=NOCc4ccc([N+](=O)[O-])cc4)CC1N(CCC)C(=O)C1CC1)C32. The van der Waals surface area contributed by atoms with Crippen LogP contribution in [-0.2, 0) is 21.0 Å². The zero-order valence-corrected chi connectivity index (χ0v) is 37.3. The van der Waals surface area contributed by atoms with Gasteiger partial charge in [-0.3, -0.25) is 14.9 Å². The number of amides is 1. The first-order valence-electron chi connectivity index (χ1n) is 23.4. The van der Waals surface area contributed by atoms with Gasteiger partial charge in [0.15, 0.2) is 0 Å². The molecule has 0 aromatic heterocycles. The number of fused-ring (bicyclic) bond motifs is 2. The highest BCUT2D eigenvalue weighted by atomic mass is 16.7. The first kappa shape index (κ1) is 45.7. The number of hydrogen-bond acceptors (Lipinski definition) is 10. The molecule has 4 aliphatic rings. The molecule has 8 rings (SSSR count). The van der Waals surface area contributed by atoms with E-state index in [1.807, 2.05) is 47.4 Å². The number of rotatable bonds is 22. The zero-order valence-electron chi connectivity index (χ0n) is 37.3. The summed E-state index contributed by atoms with van der Waals surface area (Å²) in [6.07, 6.45) is 11.3. The molecular weight excluding hydrogens is 823 g/mol. The van der Waals surface area contributed by atoms with Crippen LogP contribution in [0, 0.1) is 33.8 Å². The van der Waals surface area contributed by atoms with Gasteiger partial charge in [0.1, 0.15) is 29.9 Å². The molecule has 6 atom stereocenters. The second kappa shape index (κ2) is 21.0. The van der Waals surface area contributed by atoms with Gasteiger partial charge in [0.25, 0.3) is 5.69 Å². The fourth-order valence-electron chi connectivity index (χ4n) is 10.3. The van der Waals surface area contributed by atoms with Gasteiger partial charge in [-0.25, -0.2) is 0 Å². The average molecular weight is 884 g/mol. The van der Waals surface area contributed by atoms with E-state index in [9.17, 15) is 25.1 Å². The van der Waals surface area contributed by atoms with Crippen molar-refractivity contribution in [2.45, 2.75) is 95.5 Å². The number of unbranched alkanes of at least 4 members (excludes halogenated alkanes) is 2. The highest BCUT2D eigenvalue weighted by molar-refractivity contribution is 6.03. The Morgan fingerprint density at radius 1 is 0.938 bits per heavy atom. The molecule has 2 N–H and O–H groups in total. The molecule has 342 valence electrons. The van der Waals surface area contributed by atoms with Crippen molar-refractivity contribution < 1.29 is 39.0 Å². The number of hydrogen-bond donors (Lipinski definition) is 2. The largest absolute Gasteiger partial charge is 0.459 e. The van der Waals surface area contributed by atoms with Crippen molar-refractivity contribution in [2.24, 2.45) is 28.8 Å². The van der Waals surface area contributed by atoms with E-state index in [-0.39, 0.29) is 61.7 Å². The Hall–Kier alpha value is -5.82. The summed E-state index contributed by atoms with van der Waals surface area (Å²) >= 11 is 0. The average Bonchev–Trinajstić information content (AvgIpc) is 4.18. The molecule has 12 nitrogen and oxygen atoms in total. The first-order valence-corrected chi connectivity index (χ1v) is 23.4. The number of ether oxygens (including phenoxy) is 3. The van der Waals surface area contributed by atoms with E-state index in [1.54, 1.807) is 18.2 Å². The minimum Gasteiger partial charge on any atom is -0.459 e. The van der Waals surface area contributed by atoms with Gasteiger partial charge < -0.3 is 34.2 Å². The summed E-state index contributed by atoms with van der Waals surface area (Å²) < 4.78 is 21.1. The van der Waals surface area contributed by atoms with Gasteiger partial charge in [-0.15, -0.1) is 6.58 Å². The van der Waals surface area contributed by atoms with Crippen molar-refractivity contribution >= 4 is 17.3 Å². The van der Waals surface area contributed by atoms with Gasteiger partial charge in [0, 0.05) is 55.7 Å². The maximum atomic E-state index is 14.5. The number of oxime groups is 1. The van der Waals surface area contributed by atoms with Crippen LogP contribution in [0.2, 0.25) is 0 Å².